The molecule has 3 aromatic rings. The first kappa shape index (κ1) is 15.6. The molecule has 0 N–H and O–H groups in total. The maximum Gasteiger partial charge on any atom is 0.340 e. The van der Waals surface area contributed by atoms with Crippen LogP contribution in [-0.4, -0.2) is 27.8 Å². The monoisotopic (exact) mass is 361 g/mol. The number of halogens is 1. The molecule has 24 heavy (non-hydrogen) atoms. The maximum absolute atomic E-state index is 12.6. The highest BCUT2D eigenvalue weighted by Gasteiger charge is 2.34. The van der Waals surface area contributed by atoms with Crippen molar-refractivity contribution >= 4 is 39.9 Å². The van der Waals surface area contributed by atoms with Crippen LogP contribution in [0.25, 0.3) is 21.5 Å². The van der Waals surface area contributed by atoms with Gasteiger partial charge in [0.1, 0.15) is 0 Å². The first-order valence-corrected chi connectivity index (χ1v) is 9.07. The number of carbonyl (C=O) groups is 1. The van der Waals surface area contributed by atoms with Gasteiger partial charge in [-0.1, -0.05) is 11.6 Å². The van der Waals surface area contributed by atoms with Gasteiger partial charge in [-0.25, -0.2) is 14.5 Å². The average Bonchev–Trinajstić information content (AvgIpc) is 3.22. The molecule has 7 heteroatoms. The molecule has 4 rings (SSSR count). The van der Waals surface area contributed by atoms with E-state index in [1.807, 2.05) is 23.7 Å². The second kappa shape index (κ2) is 5.86. The Morgan fingerprint density at radius 1 is 1.46 bits per heavy atom. The van der Waals surface area contributed by atoms with Crippen LogP contribution in [0.5, 0.6) is 0 Å². The van der Waals surface area contributed by atoms with Crippen molar-refractivity contribution in [3.05, 3.63) is 33.9 Å². The van der Waals surface area contributed by atoms with Crippen LogP contribution in [0, 0.1) is 0 Å². The summed E-state index contributed by atoms with van der Waals surface area (Å²) in [5.74, 6) is -0.0343. The van der Waals surface area contributed by atoms with E-state index in [9.17, 15) is 4.79 Å². The second-order valence-electron chi connectivity index (χ2n) is 5.81. The van der Waals surface area contributed by atoms with Crippen molar-refractivity contribution < 1.29 is 9.53 Å². The van der Waals surface area contributed by atoms with E-state index >= 15 is 0 Å². The van der Waals surface area contributed by atoms with Crippen molar-refractivity contribution in [3.8, 4) is 10.4 Å². The standard InChI is InChI=1S/C17H16ClN3O2S/c1-3-21-16-10(8-19-21)13(11-6-7-12(18)24-11)14(17(22)23-2)15(20-16)9-4-5-9/h6-9H,3-5H2,1-2H3. The predicted molar refractivity (Wildman–Crippen MR) is 94.8 cm³/mol. The number of hydrogen-bond acceptors (Lipinski definition) is 5. The van der Waals surface area contributed by atoms with Gasteiger partial charge in [-0.05, 0) is 31.9 Å². The third-order valence-electron chi connectivity index (χ3n) is 4.29. The zero-order chi connectivity index (χ0) is 16.8. The van der Waals surface area contributed by atoms with E-state index in [0.717, 1.165) is 46.6 Å². The van der Waals surface area contributed by atoms with E-state index in [1.165, 1.54) is 18.4 Å². The number of esters is 1. The Morgan fingerprint density at radius 2 is 2.25 bits per heavy atom. The Labute approximate surface area is 148 Å². The van der Waals surface area contributed by atoms with Crippen LogP contribution in [0.15, 0.2) is 18.3 Å². The number of ether oxygens (including phenoxy) is 1. The summed E-state index contributed by atoms with van der Waals surface area (Å²) in [7, 11) is 1.41. The molecule has 0 aromatic carbocycles. The number of nitrogens with zero attached hydrogens (tertiary/aromatic N) is 3. The first-order chi connectivity index (χ1) is 11.6. The molecule has 0 radical (unpaired) electrons. The molecule has 0 atom stereocenters. The van der Waals surface area contributed by atoms with E-state index in [2.05, 4.69) is 5.10 Å². The molecule has 124 valence electrons. The van der Waals surface area contributed by atoms with Gasteiger partial charge in [-0.15, -0.1) is 11.3 Å². The Balaban J connectivity index is 2.11. The number of fused-ring (bicyclic) bond motifs is 1. The van der Waals surface area contributed by atoms with E-state index in [4.69, 9.17) is 21.3 Å². The molecule has 0 spiro atoms. The Kier molecular flexibility index (Phi) is 3.81. The van der Waals surface area contributed by atoms with Crippen molar-refractivity contribution in [1.29, 1.82) is 0 Å². The van der Waals surface area contributed by atoms with Gasteiger partial charge in [-0.3, -0.25) is 0 Å². The zero-order valence-corrected chi connectivity index (χ0v) is 14.9. The van der Waals surface area contributed by atoms with Crippen LogP contribution in [0.1, 0.15) is 41.7 Å². The fourth-order valence-corrected chi connectivity index (χ4v) is 4.11. The SMILES string of the molecule is CCn1ncc2c(-c3ccc(Cl)s3)c(C(=O)OC)c(C3CC3)nc21. The molecule has 0 unspecified atom stereocenters. The van der Waals surface area contributed by atoms with Gasteiger partial charge in [0.25, 0.3) is 0 Å². The summed E-state index contributed by atoms with van der Waals surface area (Å²) < 4.78 is 7.62. The van der Waals surface area contributed by atoms with Crippen LogP contribution in [0.4, 0.5) is 0 Å². The lowest BCUT2D eigenvalue weighted by molar-refractivity contribution is 0.0600. The van der Waals surface area contributed by atoms with Crippen molar-refractivity contribution in [1.82, 2.24) is 14.8 Å². The number of hydrogen-bond donors (Lipinski definition) is 0. The summed E-state index contributed by atoms with van der Waals surface area (Å²) >= 11 is 7.59. The lowest BCUT2D eigenvalue weighted by Gasteiger charge is -2.13. The molecule has 1 aliphatic carbocycles. The molecular weight excluding hydrogens is 346 g/mol. The number of aryl methyl sites for hydroxylation is 1. The highest BCUT2D eigenvalue weighted by Crippen LogP contribution is 2.46. The molecule has 3 aromatic heterocycles. The summed E-state index contributed by atoms with van der Waals surface area (Å²) in [4.78, 5) is 18.3. The summed E-state index contributed by atoms with van der Waals surface area (Å²) in [5, 5.41) is 5.29. The van der Waals surface area contributed by atoms with E-state index in [1.54, 1.807) is 6.20 Å². The Morgan fingerprint density at radius 3 is 2.83 bits per heavy atom. The normalized spacial score (nSPS) is 14.3. The van der Waals surface area contributed by atoms with Gasteiger partial charge >= 0.3 is 5.97 Å². The minimum Gasteiger partial charge on any atom is -0.465 e. The fourth-order valence-electron chi connectivity index (χ4n) is 3.00. The summed E-state index contributed by atoms with van der Waals surface area (Å²) in [6, 6.07) is 3.78. The highest BCUT2D eigenvalue weighted by atomic mass is 35.5. The van der Waals surface area contributed by atoms with E-state index in [-0.39, 0.29) is 5.97 Å². The highest BCUT2D eigenvalue weighted by molar-refractivity contribution is 7.19. The predicted octanol–water partition coefficient (Wildman–Crippen LogP) is 4.50. The van der Waals surface area contributed by atoms with Crippen molar-refractivity contribution in [2.45, 2.75) is 32.2 Å². The molecule has 0 saturated heterocycles. The minimum atomic E-state index is -0.352. The van der Waals surface area contributed by atoms with E-state index in [0.29, 0.717) is 15.8 Å². The van der Waals surface area contributed by atoms with Gasteiger partial charge in [-0.2, -0.15) is 5.10 Å². The van der Waals surface area contributed by atoms with Gasteiger partial charge in [0.2, 0.25) is 0 Å². The topological polar surface area (TPSA) is 57.0 Å². The fraction of sp³-hybridized carbons (Fsp3) is 0.353. The second-order valence-corrected chi connectivity index (χ2v) is 7.53. The Bertz CT molecular complexity index is 943. The molecule has 3 heterocycles. The van der Waals surface area contributed by atoms with Gasteiger partial charge in [0, 0.05) is 28.3 Å². The summed E-state index contributed by atoms with van der Waals surface area (Å²) in [6.45, 7) is 2.75. The van der Waals surface area contributed by atoms with Crippen molar-refractivity contribution in [2.24, 2.45) is 0 Å². The van der Waals surface area contributed by atoms with Gasteiger partial charge in [0.05, 0.1) is 28.9 Å². The van der Waals surface area contributed by atoms with Crippen LogP contribution >= 0.6 is 22.9 Å². The molecular formula is C17H16ClN3O2S. The first-order valence-electron chi connectivity index (χ1n) is 7.87. The molecule has 0 amide bonds. The largest absolute Gasteiger partial charge is 0.465 e. The maximum atomic E-state index is 12.6. The number of thiophene rings is 1. The third kappa shape index (κ3) is 2.41. The lowest BCUT2D eigenvalue weighted by atomic mass is 9.99. The van der Waals surface area contributed by atoms with Gasteiger partial charge in [0.15, 0.2) is 5.65 Å². The quantitative estimate of drug-likeness (QED) is 0.642. The number of methoxy groups -OCH3 is 1. The zero-order valence-electron chi connectivity index (χ0n) is 13.4. The minimum absolute atomic E-state index is 0.317. The summed E-state index contributed by atoms with van der Waals surface area (Å²) in [6.07, 6.45) is 3.87. The van der Waals surface area contributed by atoms with Crippen LogP contribution < -0.4 is 0 Å². The molecule has 1 aliphatic rings. The van der Waals surface area contributed by atoms with Crippen molar-refractivity contribution in [2.75, 3.05) is 7.11 Å². The lowest BCUT2D eigenvalue weighted by Crippen LogP contribution is -2.11. The van der Waals surface area contributed by atoms with Gasteiger partial charge < -0.3 is 4.74 Å². The number of aromatic nitrogens is 3. The summed E-state index contributed by atoms with van der Waals surface area (Å²) in [5.41, 5.74) is 3.03. The number of pyridine rings is 1. The number of carbonyl (C=O) groups excluding carboxylic acids is 1. The molecule has 0 aliphatic heterocycles. The molecule has 0 bridgehead atoms. The van der Waals surface area contributed by atoms with Crippen LogP contribution in [-0.2, 0) is 11.3 Å². The molecule has 1 fully saturated rings. The van der Waals surface area contributed by atoms with Crippen LogP contribution in [0.3, 0.4) is 0 Å². The van der Waals surface area contributed by atoms with E-state index < -0.39 is 0 Å². The third-order valence-corrected chi connectivity index (χ3v) is 5.53. The van der Waals surface area contributed by atoms with Crippen molar-refractivity contribution in [3.63, 3.8) is 0 Å². The average molecular weight is 362 g/mol. The van der Waals surface area contributed by atoms with Crippen LogP contribution in [0.2, 0.25) is 4.34 Å². The number of rotatable bonds is 4. The molecule has 5 nitrogen and oxygen atoms in total. The Hall–Kier alpha value is -1.92. The smallest absolute Gasteiger partial charge is 0.340 e. The molecule has 1 saturated carbocycles.